The maximum absolute atomic E-state index is 7.88. The van der Waals surface area contributed by atoms with E-state index in [-0.39, 0.29) is 5.41 Å². The second-order valence-corrected chi connectivity index (χ2v) is 3.77. The first-order chi connectivity index (χ1) is 6.48. The van der Waals surface area contributed by atoms with Crippen LogP contribution in [0.25, 0.3) is 0 Å². The number of hydrogen-bond donors (Lipinski definition) is 1. The molecule has 1 aliphatic rings. The first-order valence-corrected chi connectivity index (χ1v) is 3.68. The van der Waals surface area contributed by atoms with Gasteiger partial charge in [0.1, 0.15) is 0 Å². The minimum absolute atomic E-state index is 0.335. The standard InChI is InChI=1S/C9H19N/c1-9(2,3)8-4-6-10-7-5-8/h8,10H,4-7H2,1-3H3/i4D2,6D2,7D. The Balaban J connectivity index is 3.06. The third-order valence-corrected chi connectivity index (χ3v) is 1.82. The van der Waals surface area contributed by atoms with Crippen molar-refractivity contribution < 1.29 is 6.85 Å². The monoisotopic (exact) mass is 146 g/mol. The second-order valence-electron chi connectivity index (χ2n) is 3.77. The second kappa shape index (κ2) is 2.91. The highest BCUT2D eigenvalue weighted by molar-refractivity contribution is 4.78. The van der Waals surface area contributed by atoms with Gasteiger partial charge in [-0.2, -0.15) is 0 Å². The molecule has 1 heterocycles. The molecular weight excluding hydrogens is 122 g/mol. The van der Waals surface area contributed by atoms with Gasteiger partial charge in [-0.15, -0.1) is 0 Å². The van der Waals surface area contributed by atoms with Crippen molar-refractivity contribution in [3.63, 3.8) is 0 Å². The lowest BCUT2D eigenvalue weighted by Gasteiger charge is -2.34. The topological polar surface area (TPSA) is 12.0 Å². The van der Waals surface area contributed by atoms with E-state index in [1.807, 2.05) is 20.8 Å². The Morgan fingerprint density at radius 3 is 2.80 bits per heavy atom. The molecule has 0 bridgehead atoms. The van der Waals surface area contributed by atoms with Gasteiger partial charge in [0.05, 0.1) is 0 Å². The van der Waals surface area contributed by atoms with Gasteiger partial charge in [0, 0.05) is 6.85 Å². The summed E-state index contributed by atoms with van der Waals surface area (Å²) in [5.41, 5.74) is -0.335. The molecule has 1 fully saturated rings. The van der Waals surface area contributed by atoms with Gasteiger partial charge in [-0.05, 0) is 37.1 Å². The predicted molar refractivity (Wildman–Crippen MR) is 45.0 cm³/mol. The summed E-state index contributed by atoms with van der Waals surface area (Å²) in [6, 6.07) is 0. The van der Waals surface area contributed by atoms with E-state index in [1.54, 1.807) is 0 Å². The molecule has 60 valence electrons. The van der Waals surface area contributed by atoms with Gasteiger partial charge in [-0.25, -0.2) is 0 Å². The van der Waals surface area contributed by atoms with E-state index in [2.05, 4.69) is 5.32 Å². The van der Waals surface area contributed by atoms with E-state index in [9.17, 15) is 0 Å². The normalized spacial score (nSPS) is 53.3. The summed E-state index contributed by atoms with van der Waals surface area (Å²) in [5.74, 6) is -0.455. The van der Waals surface area contributed by atoms with Crippen LogP contribution in [0, 0.1) is 11.3 Å². The Kier molecular flexibility index (Phi) is 1.04. The van der Waals surface area contributed by atoms with Crippen molar-refractivity contribution in [2.24, 2.45) is 11.3 Å². The summed E-state index contributed by atoms with van der Waals surface area (Å²) in [6.45, 7) is 2.82. The first-order valence-electron chi connectivity index (χ1n) is 6.26. The Labute approximate surface area is 71.2 Å². The Morgan fingerprint density at radius 1 is 1.50 bits per heavy atom. The van der Waals surface area contributed by atoms with Crippen LogP contribution < -0.4 is 5.32 Å². The molecule has 2 atom stereocenters. The molecule has 0 aromatic carbocycles. The molecule has 10 heavy (non-hydrogen) atoms. The highest BCUT2D eigenvalue weighted by Gasteiger charge is 2.25. The van der Waals surface area contributed by atoms with Gasteiger partial charge in [0.15, 0.2) is 0 Å². The highest BCUT2D eigenvalue weighted by atomic mass is 14.9. The van der Waals surface area contributed by atoms with Crippen LogP contribution in [0.4, 0.5) is 0 Å². The average Bonchev–Trinajstić information content (AvgIpc) is 1.94. The van der Waals surface area contributed by atoms with Crippen molar-refractivity contribution in [3.05, 3.63) is 0 Å². The molecule has 0 spiro atoms. The molecule has 0 aliphatic carbocycles. The molecule has 0 aromatic heterocycles. The van der Waals surface area contributed by atoms with E-state index in [0.717, 1.165) is 0 Å². The van der Waals surface area contributed by atoms with E-state index in [1.165, 1.54) is 0 Å². The Bertz CT molecular complexity index is 245. The molecule has 1 heteroatoms. The lowest BCUT2D eigenvalue weighted by Crippen LogP contribution is -2.34. The van der Waals surface area contributed by atoms with Crippen LogP contribution in [0.2, 0.25) is 0 Å². The lowest BCUT2D eigenvalue weighted by atomic mass is 9.76. The maximum atomic E-state index is 7.88. The summed E-state index contributed by atoms with van der Waals surface area (Å²) in [6.07, 6.45) is -1.60. The molecule has 1 nitrogen and oxygen atoms in total. The third-order valence-electron chi connectivity index (χ3n) is 1.82. The zero-order valence-electron chi connectivity index (χ0n) is 11.9. The van der Waals surface area contributed by atoms with Crippen LogP contribution in [0.15, 0.2) is 0 Å². The SMILES string of the molecule is [2H]C1CC(C(C)(C)C)C([2H])([2H])C([2H])([2H])N1. The minimum atomic E-state index is -2.13. The fourth-order valence-electron chi connectivity index (χ4n) is 0.986. The van der Waals surface area contributed by atoms with Crippen molar-refractivity contribution in [3.8, 4) is 0 Å². The van der Waals surface area contributed by atoms with Crippen molar-refractivity contribution in [1.82, 2.24) is 5.32 Å². The fraction of sp³-hybridized carbons (Fsp3) is 1.00. The van der Waals surface area contributed by atoms with Crippen LogP contribution >= 0.6 is 0 Å². The number of hydrogen-bond acceptors (Lipinski definition) is 1. The Hall–Kier alpha value is -0.0400. The average molecular weight is 146 g/mol. The van der Waals surface area contributed by atoms with Gasteiger partial charge >= 0.3 is 0 Å². The summed E-state index contributed by atoms with van der Waals surface area (Å²) in [4.78, 5) is 0. The number of nitrogens with one attached hydrogen (secondary N) is 1. The highest BCUT2D eigenvalue weighted by Crippen LogP contribution is 2.32. The maximum Gasteiger partial charge on any atom is 0.0428 e. The largest absolute Gasteiger partial charge is 0.317 e. The van der Waals surface area contributed by atoms with Gasteiger partial charge < -0.3 is 5.32 Å². The molecule has 1 aliphatic heterocycles. The molecule has 1 saturated heterocycles. The van der Waals surface area contributed by atoms with Gasteiger partial charge in [0.2, 0.25) is 0 Å². The summed E-state index contributed by atoms with van der Waals surface area (Å²) in [7, 11) is 0. The molecule has 0 saturated carbocycles. The first kappa shape index (κ1) is 3.57. The van der Waals surface area contributed by atoms with Gasteiger partial charge in [-0.1, -0.05) is 20.8 Å². The third kappa shape index (κ3) is 1.98. The molecule has 0 amide bonds. The fourth-order valence-corrected chi connectivity index (χ4v) is 0.986. The molecule has 1 N–H and O–H groups in total. The number of rotatable bonds is 0. The molecular formula is C9H19N. The van der Waals surface area contributed by atoms with E-state index in [0.29, 0.717) is 6.42 Å². The van der Waals surface area contributed by atoms with Crippen molar-refractivity contribution in [2.45, 2.75) is 33.6 Å². The van der Waals surface area contributed by atoms with Crippen LogP contribution in [0.1, 0.15) is 40.4 Å². The van der Waals surface area contributed by atoms with Crippen LogP contribution in [0.3, 0.4) is 0 Å². The van der Waals surface area contributed by atoms with Gasteiger partial charge in [0.25, 0.3) is 0 Å². The predicted octanol–water partition coefficient (Wildman–Crippen LogP) is 2.03. The van der Waals surface area contributed by atoms with Crippen molar-refractivity contribution in [2.75, 3.05) is 13.0 Å². The van der Waals surface area contributed by atoms with Crippen LogP contribution in [-0.4, -0.2) is 13.0 Å². The Morgan fingerprint density at radius 2 is 2.20 bits per heavy atom. The van der Waals surface area contributed by atoms with Crippen molar-refractivity contribution in [1.29, 1.82) is 0 Å². The smallest absolute Gasteiger partial charge is 0.0428 e. The quantitative estimate of drug-likeness (QED) is 0.551. The summed E-state index contributed by atoms with van der Waals surface area (Å²) in [5, 5.41) is 2.37. The van der Waals surface area contributed by atoms with E-state index >= 15 is 0 Å². The minimum Gasteiger partial charge on any atom is -0.317 e. The van der Waals surface area contributed by atoms with E-state index in [4.69, 9.17) is 6.85 Å². The number of piperidine rings is 1. The zero-order chi connectivity index (χ0) is 12.1. The molecule has 0 aromatic rings. The zero-order valence-corrected chi connectivity index (χ0v) is 6.86. The molecule has 2 unspecified atom stereocenters. The van der Waals surface area contributed by atoms with Crippen LogP contribution in [0.5, 0.6) is 0 Å². The molecule has 1 rings (SSSR count). The summed E-state index contributed by atoms with van der Waals surface area (Å²) < 4.78 is 38.6. The lowest BCUT2D eigenvalue weighted by molar-refractivity contribution is 0.188. The molecule has 0 radical (unpaired) electrons. The van der Waals surface area contributed by atoms with E-state index < -0.39 is 25.3 Å². The summed E-state index contributed by atoms with van der Waals surface area (Å²) >= 11 is 0. The van der Waals surface area contributed by atoms with Crippen molar-refractivity contribution >= 4 is 0 Å². The van der Waals surface area contributed by atoms with Gasteiger partial charge in [-0.3, -0.25) is 0 Å². The van der Waals surface area contributed by atoms with Crippen LogP contribution in [-0.2, 0) is 0 Å².